The molecule has 198 valence electrons. The number of aryl methyl sites for hydroxylation is 1. The number of carbonyl (C=O) groups excluding carboxylic acids is 1. The molecule has 2 N–H and O–H groups in total. The van der Waals surface area contributed by atoms with Crippen LogP contribution in [-0.4, -0.2) is 35.9 Å². The lowest BCUT2D eigenvalue weighted by atomic mass is 10.1. The number of halogens is 2. The predicted molar refractivity (Wildman–Crippen MR) is 163 cm³/mol. The molecule has 0 spiro atoms. The summed E-state index contributed by atoms with van der Waals surface area (Å²) in [4.78, 5) is 19.6. The van der Waals surface area contributed by atoms with E-state index in [1.165, 1.54) is 0 Å². The van der Waals surface area contributed by atoms with Crippen LogP contribution in [0.25, 0.3) is 21.8 Å². The van der Waals surface area contributed by atoms with Crippen LogP contribution in [0.1, 0.15) is 5.56 Å². The fourth-order valence-corrected chi connectivity index (χ4v) is 5.00. The number of pyridine rings is 1. The summed E-state index contributed by atoms with van der Waals surface area (Å²) < 4.78 is 5.54. The Labute approximate surface area is 237 Å². The summed E-state index contributed by atoms with van der Waals surface area (Å²) in [5.41, 5.74) is 6.20. The maximum Gasteiger partial charge on any atom is 0.417 e. The first kappa shape index (κ1) is 26.6. The molecule has 8 heteroatoms. The molecular formula is C31H28Cl2N4O2. The lowest BCUT2D eigenvalue weighted by molar-refractivity contribution is 0.215. The molecule has 0 radical (unpaired) electrons. The Balaban J connectivity index is 1.34. The van der Waals surface area contributed by atoms with Crippen LogP contribution in [0.15, 0.2) is 91.0 Å². The normalized spacial score (nSPS) is 10.9. The molecule has 0 bridgehead atoms. The summed E-state index contributed by atoms with van der Waals surface area (Å²) >= 11 is 11.8. The van der Waals surface area contributed by atoms with Crippen LogP contribution in [0.2, 0.25) is 0 Å². The van der Waals surface area contributed by atoms with Gasteiger partial charge in [-0.1, -0.05) is 36.4 Å². The molecule has 5 aromatic rings. The molecule has 0 aliphatic rings. The van der Waals surface area contributed by atoms with Crippen molar-refractivity contribution in [2.45, 2.75) is 6.92 Å². The molecule has 0 aliphatic carbocycles. The van der Waals surface area contributed by atoms with Crippen molar-refractivity contribution in [2.24, 2.45) is 0 Å². The van der Waals surface area contributed by atoms with Crippen molar-refractivity contribution in [1.29, 1.82) is 0 Å². The van der Waals surface area contributed by atoms with Gasteiger partial charge < -0.3 is 15.0 Å². The zero-order chi connectivity index (χ0) is 27.2. The lowest BCUT2D eigenvalue weighted by Crippen LogP contribution is -2.27. The largest absolute Gasteiger partial charge is 0.417 e. The van der Waals surface area contributed by atoms with E-state index in [1.54, 1.807) is 12.1 Å². The maximum absolute atomic E-state index is 12.7. The number of hydrogen-bond donors (Lipinski definition) is 2. The summed E-state index contributed by atoms with van der Waals surface area (Å²) in [5.74, 6) is 1.44. The Bertz CT molecular complexity index is 1550. The van der Waals surface area contributed by atoms with E-state index in [0.717, 1.165) is 44.4 Å². The fraction of sp³-hybridized carbons (Fsp3) is 0.161. The number of para-hydroxylation sites is 2. The van der Waals surface area contributed by atoms with Crippen molar-refractivity contribution in [3.63, 3.8) is 0 Å². The summed E-state index contributed by atoms with van der Waals surface area (Å²) in [5, 5.41) is 8.47. The molecule has 6 nitrogen and oxygen atoms in total. The zero-order valence-corrected chi connectivity index (χ0v) is 23.0. The topological polar surface area (TPSA) is 66.5 Å². The SMILES string of the molecule is Cc1cc(NC(=O)Oc2ccc(N(CCCl)CCCl)cc2)cc(Nc2c3ccccc3nc3ccccc23)c1. The van der Waals surface area contributed by atoms with Crippen molar-refractivity contribution in [2.75, 3.05) is 40.4 Å². The number of ether oxygens (including phenoxy) is 1. The Morgan fingerprint density at radius 1 is 0.821 bits per heavy atom. The molecule has 39 heavy (non-hydrogen) atoms. The van der Waals surface area contributed by atoms with Crippen LogP contribution >= 0.6 is 23.2 Å². The first-order chi connectivity index (χ1) is 19.0. The van der Waals surface area contributed by atoms with Gasteiger partial charge in [0.2, 0.25) is 0 Å². The number of benzene rings is 4. The monoisotopic (exact) mass is 558 g/mol. The van der Waals surface area contributed by atoms with E-state index in [-0.39, 0.29) is 0 Å². The highest BCUT2D eigenvalue weighted by atomic mass is 35.5. The first-order valence-corrected chi connectivity index (χ1v) is 13.7. The van der Waals surface area contributed by atoms with Crippen LogP contribution in [0, 0.1) is 6.92 Å². The second-order valence-corrected chi connectivity index (χ2v) is 9.86. The molecule has 4 aromatic carbocycles. The van der Waals surface area contributed by atoms with E-state index in [0.29, 0.717) is 36.3 Å². The molecule has 0 fully saturated rings. The number of nitrogens with one attached hydrogen (secondary N) is 2. The number of amides is 1. The van der Waals surface area contributed by atoms with Crippen molar-refractivity contribution in [3.05, 3.63) is 96.6 Å². The minimum absolute atomic E-state index is 0.439. The molecule has 5 rings (SSSR count). The smallest absolute Gasteiger partial charge is 0.410 e. The average molecular weight is 559 g/mol. The Morgan fingerprint density at radius 2 is 1.41 bits per heavy atom. The minimum atomic E-state index is -0.572. The van der Waals surface area contributed by atoms with Gasteiger partial charge in [-0.15, -0.1) is 23.2 Å². The van der Waals surface area contributed by atoms with Crippen LogP contribution in [-0.2, 0) is 0 Å². The summed E-state index contributed by atoms with van der Waals surface area (Å²) in [6.45, 7) is 3.35. The summed E-state index contributed by atoms with van der Waals surface area (Å²) in [6, 6.07) is 29.2. The zero-order valence-electron chi connectivity index (χ0n) is 21.5. The molecule has 1 amide bonds. The van der Waals surface area contributed by atoms with Gasteiger partial charge in [0.1, 0.15) is 5.75 Å². The molecule has 0 saturated heterocycles. The van der Waals surface area contributed by atoms with E-state index >= 15 is 0 Å². The second kappa shape index (κ2) is 12.2. The number of carbonyl (C=O) groups is 1. The number of fused-ring (bicyclic) bond motifs is 2. The highest BCUT2D eigenvalue weighted by Crippen LogP contribution is 2.34. The number of anilines is 4. The standard InChI is InChI=1S/C31H28Cl2N4O2/c1-21-18-22(34-30-26-6-2-4-8-28(26)36-29-9-5-3-7-27(29)30)20-23(19-21)35-31(38)39-25-12-10-24(11-13-25)37(16-14-32)17-15-33/h2-13,18-20H,14-17H2,1H3,(H,34,36)(H,35,38). The average Bonchev–Trinajstić information content (AvgIpc) is 2.93. The van der Waals surface area contributed by atoms with Gasteiger partial charge >= 0.3 is 6.09 Å². The van der Waals surface area contributed by atoms with Gasteiger partial charge in [-0.3, -0.25) is 5.32 Å². The van der Waals surface area contributed by atoms with E-state index in [1.807, 2.05) is 73.7 Å². The third-order valence-electron chi connectivity index (χ3n) is 6.30. The third-order valence-corrected chi connectivity index (χ3v) is 6.64. The molecule has 1 aromatic heterocycles. The van der Waals surface area contributed by atoms with Crippen LogP contribution in [0.4, 0.5) is 27.5 Å². The second-order valence-electron chi connectivity index (χ2n) is 9.11. The number of nitrogens with zero attached hydrogens (tertiary/aromatic N) is 2. The third kappa shape index (κ3) is 6.36. The van der Waals surface area contributed by atoms with Gasteiger partial charge in [0.05, 0.1) is 16.7 Å². The van der Waals surface area contributed by atoms with Gasteiger partial charge in [0.15, 0.2) is 0 Å². The van der Waals surface area contributed by atoms with Gasteiger partial charge in [0.25, 0.3) is 0 Å². The van der Waals surface area contributed by atoms with Crippen molar-refractivity contribution in [3.8, 4) is 5.75 Å². The first-order valence-electron chi connectivity index (χ1n) is 12.7. The summed E-state index contributed by atoms with van der Waals surface area (Å²) in [7, 11) is 0. The molecule has 0 saturated carbocycles. The Kier molecular flexibility index (Phi) is 8.35. The minimum Gasteiger partial charge on any atom is -0.410 e. The Morgan fingerprint density at radius 3 is 2.03 bits per heavy atom. The van der Waals surface area contributed by atoms with Crippen molar-refractivity contribution in [1.82, 2.24) is 4.98 Å². The fourth-order valence-electron chi connectivity index (χ4n) is 4.60. The molecule has 0 atom stereocenters. The number of aromatic nitrogens is 1. The van der Waals surface area contributed by atoms with Crippen LogP contribution in [0.3, 0.4) is 0 Å². The molecular weight excluding hydrogens is 531 g/mol. The van der Waals surface area contributed by atoms with Crippen molar-refractivity contribution < 1.29 is 9.53 Å². The van der Waals surface area contributed by atoms with E-state index in [9.17, 15) is 4.79 Å². The molecule has 0 aliphatic heterocycles. The van der Waals surface area contributed by atoms with Crippen LogP contribution < -0.4 is 20.3 Å². The lowest BCUT2D eigenvalue weighted by Gasteiger charge is -2.22. The highest BCUT2D eigenvalue weighted by Gasteiger charge is 2.12. The molecule has 1 heterocycles. The Hall–Kier alpha value is -4.00. The van der Waals surface area contributed by atoms with E-state index in [2.05, 4.69) is 27.7 Å². The van der Waals surface area contributed by atoms with Crippen molar-refractivity contribution >= 4 is 73.9 Å². The molecule has 0 unspecified atom stereocenters. The van der Waals surface area contributed by atoms with Gasteiger partial charge in [-0.05, 0) is 67.1 Å². The van der Waals surface area contributed by atoms with E-state index in [4.69, 9.17) is 32.9 Å². The van der Waals surface area contributed by atoms with E-state index < -0.39 is 6.09 Å². The van der Waals surface area contributed by atoms with Gasteiger partial charge in [-0.25, -0.2) is 9.78 Å². The summed E-state index contributed by atoms with van der Waals surface area (Å²) in [6.07, 6.45) is -0.572. The predicted octanol–water partition coefficient (Wildman–Crippen LogP) is 8.33. The van der Waals surface area contributed by atoms with Crippen LogP contribution in [0.5, 0.6) is 5.75 Å². The number of alkyl halides is 2. The number of rotatable bonds is 9. The maximum atomic E-state index is 12.7. The van der Waals surface area contributed by atoms with Gasteiger partial charge in [-0.2, -0.15) is 0 Å². The van der Waals surface area contributed by atoms with Gasteiger partial charge in [0, 0.05) is 52.7 Å². The highest BCUT2D eigenvalue weighted by molar-refractivity contribution is 6.18. The quantitative estimate of drug-likeness (QED) is 0.140. The number of hydrogen-bond acceptors (Lipinski definition) is 5.